The van der Waals surface area contributed by atoms with Crippen molar-refractivity contribution in [1.29, 1.82) is 0 Å². The third kappa shape index (κ3) is 0.899. The molecular weight excluding hydrogens is 168 g/mol. The van der Waals surface area contributed by atoms with E-state index in [0.29, 0.717) is 0 Å². The van der Waals surface area contributed by atoms with E-state index in [1.54, 1.807) is 0 Å². The number of epoxide rings is 1. The van der Waals surface area contributed by atoms with Crippen molar-refractivity contribution < 1.29 is 9.47 Å². The van der Waals surface area contributed by atoms with Crippen molar-refractivity contribution in [1.82, 2.24) is 9.78 Å². The molecule has 0 amide bonds. The molecule has 0 spiro atoms. The molecule has 2 aliphatic rings. The Morgan fingerprint density at radius 2 is 2.62 bits per heavy atom. The highest BCUT2D eigenvalue weighted by molar-refractivity contribution is 5.23. The summed E-state index contributed by atoms with van der Waals surface area (Å²) in [5, 5.41) is 4.16. The van der Waals surface area contributed by atoms with E-state index in [2.05, 4.69) is 5.10 Å². The third-order valence-corrected chi connectivity index (χ3v) is 2.96. The molecule has 3 heterocycles. The van der Waals surface area contributed by atoms with Gasteiger partial charge in [0.1, 0.15) is 11.7 Å². The maximum Gasteiger partial charge on any atom is 0.141 e. The molecule has 2 unspecified atom stereocenters. The minimum Gasteiger partial charge on any atom is -0.378 e. The van der Waals surface area contributed by atoms with Gasteiger partial charge < -0.3 is 9.47 Å². The first-order valence-electron chi connectivity index (χ1n) is 4.57. The summed E-state index contributed by atoms with van der Waals surface area (Å²) in [7, 11) is 1.96. The second kappa shape index (κ2) is 2.33. The molecule has 0 saturated carbocycles. The molecule has 0 bridgehead atoms. The Morgan fingerprint density at radius 1 is 1.69 bits per heavy atom. The summed E-state index contributed by atoms with van der Waals surface area (Å²) in [6.07, 6.45) is 3.03. The van der Waals surface area contributed by atoms with Gasteiger partial charge in [-0.25, -0.2) is 0 Å². The maximum absolute atomic E-state index is 5.70. The molecule has 2 fully saturated rings. The van der Waals surface area contributed by atoms with Crippen molar-refractivity contribution >= 4 is 0 Å². The van der Waals surface area contributed by atoms with Gasteiger partial charge in [0.15, 0.2) is 0 Å². The number of aromatic nitrogens is 2. The van der Waals surface area contributed by atoms with Crippen molar-refractivity contribution in [2.24, 2.45) is 7.05 Å². The van der Waals surface area contributed by atoms with Crippen LogP contribution in [0.3, 0.4) is 0 Å². The Balaban J connectivity index is 1.97. The predicted octanol–water partition coefficient (Wildman–Crippen LogP) is 0.434. The molecule has 4 heteroatoms. The lowest BCUT2D eigenvalue weighted by Crippen LogP contribution is -2.26. The summed E-state index contributed by atoms with van der Waals surface area (Å²) in [4.78, 5) is 0. The number of hydrogen-bond acceptors (Lipinski definition) is 3. The van der Waals surface area contributed by atoms with Gasteiger partial charge >= 0.3 is 0 Å². The Morgan fingerprint density at radius 3 is 3.31 bits per heavy atom. The second-order valence-corrected chi connectivity index (χ2v) is 3.66. The van der Waals surface area contributed by atoms with E-state index in [-0.39, 0.29) is 11.7 Å². The smallest absolute Gasteiger partial charge is 0.141 e. The fraction of sp³-hybridized carbons (Fsp3) is 0.667. The van der Waals surface area contributed by atoms with Crippen molar-refractivity contribution in [3.05, 3.63) is 18.0 Å². The maximum atomic E-state index is 5.70. The summed E-state index contributed by atoms with van der Waals surface area (Å²) >= 11 is 0. The van der Waals surface area contributed by atoms with Gasteiger partial charge in [-0.3, -0.25) is 4.68 Å². The number of fused-ring (bicyclic) bond motifs is 1. The van der Waals surface area contributed by atoms with Crippen LogP contribution in [0.4, 0.5) is 0 Å². The monoisotopic (exact) mass is 180 g/mol. The summed E-state index contributed by atoms with van der Waals surface area (Å²) < 4.78 is 12.9. The van der Waals surface area contributed by atoms with Crippen LogP contribution >= 0.6 is 0 Å². The molecule has 2 aliphatic heterocycles. The Bertz CT molecular complexity index is 336. The number of hydrogen-bond donors (Lipinski definition) is 0. The zero-order valence-corrected chi connectivity index (χ0v) is 7.56. The van der Waals surface area contributed by atoms with Gasteiger partial charge in [-0.05, 0) is 6.07 Å². The Kier molecular flexibility index (Phi) is 1.35. The molecule has 2 saturated heterocycles. The van der Waals surface area contributed by atoms with E-state index in [1.165, 1.54) is 5.69 Å². The first-order chi connectivity index (χ1) is 6.33. The van der Waals surface area contributed by atoms with Crippen LogP contribution in [0.2, 0.25) is 0 Å². The zero-order valence-electron chi connectivity index (χ0n) is 7.56. The second-order valence-electron chi connectivity index (χ2n) is 3.66. The SMILES string of the molecule is Cn1nccc1C12CCOCC1O2. The van der Waals surface area contributed by atoms with Crippen molar-refractivity contribution in [2.45, 2.75) is 18.1 Å². The van der Waals surface area contributed by atoms with E-state index in [0.717, 1.165) is 19.6 Å². The average molecular weight is 180 g/mol. The van der Waals surface area contributed by atoms with E-state index < -0.39 is 0 Å². The summed E-state index contributed by atoms with van der Waals surface area (Å²) in [6.45, 7) is 1.52. The summed E-state index contributed by atoms with van der Waals surface area (Å²) in [5.41, 5.74) is 1.12. The lowest BCUT2D eigenvalue weighted by atomic mass is 9.96. The van der Waals surface area contributed by atoms with Gasteiger partial charge in [-0.1, -0.05) is 0 Å². The molecule has 0 aliphatic carbocycles. The highest BCUT2D eigenvalue weighted by Crippen LogP contribution is 2.50. The first kappa shape index (κ1) is 7.53. The van der Waals surface area contributed by atoms with Crippen LogP contribution in [0.25, 0.3) is 0 Å². The molecule has 4 nitrogen and oxygen atoms in total. The van der Waals surface area contributed by atoms with E-state index in [1.807, 2.05) is 24.0 Å². The average Bonchev–Trinajstić information content (AvgIpc) is 2.74. The van der Waals surface area contributed by atoms with E-state index in [9.17, 15) is 0 Å². The van der Waals surface area contributed by atoms with E-state index in [4.69, 9.17) is 9.47 Å². The summed E-state index contributed by atoms with van der Waals surface area (Å²) in [6, 6.07) is 2.03. The van der Waals surface area contributed by atoms with E-state index >= 15 is 0 Å². The Labute approximate surface area is 76.4 Å². The molecule has 1 aromatic rings. The largest absolute Gasteiger partial charge is 0.378 e. The fourth-order valence-corrected chi connectivity index (χ4v) is 2.16. The quantitative estimate of drug-likeness (QED) is 0.588. The molecule has 2 atom stereocenters. The van der Waals surface area contributed by atoms with Crippen LogP contribution in [-0.4, -0.2) is 29.1 Å². The Hall–Kier alpha value is -0.870. The van der Waals surface area contributed by atoms with Gasteiger partial charge in [0.05, 0.1) is 12.3 Å². The molecule has 0 aromatic carbocycles. The normalized spacial score (nSPS) is 37.2. The molecular formula is C9H12N2O2. The highest BCUT2D eigenvalue weighted by Gasteiger charge is 2.60. The van der Waals surface area contributed by atoms with Gasteiger partial charge in [0, 0.05) is 26.3 Å². The van der Waals surface area contributed by atoms with Crippen molar-refractivity contribution in [2.75, 3.05) is 13.2 Å². The van der Waals surface area contributed by atoms with Crippen LogP contribution in [-0.2, 0) is 22.1 Å². The van der Waals surface area contributed by atoms with Crippen molar-refractivity contribution in [3.63, 3.8) is 0 Å². The number of rotatable bonds is 1. The van der Waals surface area contributed by atoms with Crippen LogP contribution < -0.4 is 0 Å². The molecule has 13 heavy (non-hydrogen) atoms. The molecule has 0 radical (unpaired) electrons. The predicted molar refractivity (Wildman–Crippen MR) is 45.2 cm³/mol. The molecule has 70 valence electrons. The van der Waals surface area contributed by atoms with Crippen LogP contribution in [0.15, 0.2) is 12.3 Å². The third-order valence-electron chi connectivity index (χ3n) is 2.96. The standard InChI is InChI=1S/C9H12N2O2/c1-11-7(2-4-10-11)9-3-5-12-6-8(9)13-9/h2,4,8H,3,5-6H2,1H3. The lowest BCUT2D eigenvalue weighted by Gasteiger charge is -2.17. The topological polar surface area (TPSA) is 39.6 Å². The number of aryl methyl sites for hydroxylation is 1. The van der Waals surface area contributed by atoms with Crippen LogP contribution in [0.1, 0.15) is 12.1 Å². The molecule has 3 rings (SSSR count). The minimum absolute atomic E-state index is 0.0660. The van der Waals surface area contributed by atoms with Gasteiger partial charge in [-0.2, -0.15) is 5.10 Å². The molecule has 0 N–H and O–H groups in total. The minimum atomic E-state index is -0.0660. The lowest BCUT2D eigenvalue weighted by molar-refractivity contribution is 0.0960. The molecule has 1 aromatic heterocycles. The number of nitrogens with zero attached hydrogens (tertiary/aromatic N) is 2. The van der Waals surface area contributed by atoms with Crippen LogP contribution in [0, 0.1) is 0 Å². The summed E-state index contributed by atoms with van der Waals surface area (Å²) in [5.74, 6) is 0. The van der Waals surface area contributed by atoms with Crippen molar-refractivity contribution in [3.8, 4) is 0 Å². The highest BCUT2D eigenvalue weighted by atomic mass is 16.6. The van der Waals surface area contributed by atoms with Gasteiger partial charge in [-0.15, -0.1) is 0 Å². The van der Waals surface area contributed by atoms with Gasteiger partial charge in [0.25, 0.3) is 0 Å². The van der Waals surface area contributed by atoms with Crippen LogP contribution in [0.5, 0.6) is 0 Å². The van der Waals surface area contributed by atoms with Gasteiger partial charge in [0.2, 0.25) is 0 Å². The number of ether oxygens (including phenoxy) is 2. The zero-order chi connectivity index (χ0) is 8.89. The fourth-order valence-electron chi connectivity index (χ4n) is 2.16. The first-order valence-corrected chi connectivity index (χ1v) is 4.57.